The van der Waals surface area contributed by atoms with Gasteiger partial charge in [-0.2, -0.15) is 13.2 Å². The molecule has 1 aliphatic heterocycles. The molecule has 1 amide bonds. The zero-order valence-electron chi connectivity index (χ0n) is 16.6. The molecule has 8 heteroatoms. The minimum atomic E-state index is -4.48. The summed E-state index contributed by atoms with van der Waals surface area (Å²) in [5.41, 5.74) is 1.97. The zero-order valence-corrected chi connectivity index (χ0v) is 17.4. The molecule has 1 aliphatic rings. The molecular formula is C22H21ClF3NO3. The minimum absolute atomic E-state index is 0.141. The summed E-state index contributed by atoms with van der Waals surface area (Å²) in [4.78, 5) is 11.8. The van der Waals surface area contributed by atoms with Crippen LogP contribution in [-0.4, -0.2) is 24.0 Å². The van der Waals surface area contributed by atoms with Crippen molar-refractivity contribution in [3.05, 3.63) is 64.2 Å². The fraction of sp³-hybridized carbons (Fsp3) is 0.318. The molecule has 0 aliphatic carbocycles. The first kappa shape index (κ1) is 22.0. The maximum absolute atomic E-state index is 12.9. The quantitative estimate of drug-likeness (QED) is 0.585. The lowest BCUT2D eigenvalue weighted by molar-refractivity contribution is -0.180. The predicted molar refractivity (Wildman–Crippen MR) is 110 cm³/mol. The SMILES string of the molecule is CC(C)(C)OC(=O)Nc1ccc(Cc2cc3c(cc2Cl)C=CC(C(F)(F)F)O3)cc1. The van der Waals surface area contributed by atoms with Crippen molar-refractivity contribution in [3.8, 4) is 5.75 Å². The second kappa shape index (κ2) is 8.22. The second-order valence-electron chi connectivity index (χ2n) is 7.92. The monoisotopic (exact) mass is 439 g/mol. The van der Waals surface area contributed by atoms with E-state index in [1.54, 1.807) is 51.1 Å². The van der Waals surface area contributed by atoms with Crippen molar-refractivity contribution < 1.29 is 27.4 Å². The van der Waals surface area contributed by atoms with Gasteiger partial charge in [-0.3, -0.25) is 5.32 Å². The maximum atomic E-state index is 12.9. The average molecular weight is 440 g/mol. The third kappa shape index (κ3) is 5.69. The maximum Gasteiger partial charge on any atom is 0.429 e. The summed E-state index contributed by atoms with van der Waals surface area (Å²) in [6, 6.07) is 10.1. The van der Waals surface area contributed by atoms with Crippen molar-refractivity contribution in [3.63, 3.8) is 0 Å². The van der Waals surface area contributed by atoms with E-state index in [0.29, 0.717) is 28.3 Å². The zero-order chi connectivity index (χ0) is 22.1. The molecule has 0 aromatic heterocycles. The smallest absolute Gasteiger partial charge is 0.429 e. The number of rotatable bonds is 3. The van der Waals surface area contributed by atoms with Crippen molar-refractivity contribution in [2.75, 3.05) is 5.32 Å². The molecule has 0 fully saturated rings. The number of ether oxygens (including phenoxy) is 2. The molecule has 30 heavy (non-hydrogen) atoms. The van der Waals surface area contributed by atoms with E-state index in [2.05, 4.69) is 5.32 Å². The van der Waals surface area contributed by atoms with Crippen LogP contribution in [0.2, 0.25) is 5.02 Å². The third-order valence-corrected chi connectivity index (χ3v) is 4.55. The van der Waals surface area contributed by atoms with Gasteiger partial charge >= 0.3 is 12.3 Å². The summed E-state index contributed by atoms with van der Waals surface area (Å²) in [6.45, 7) is 5.32. The van der Waals surface area contributed by atoms with Gasteiger partial charge in [-0.05, 0) is 68.7 Å². The molecule has 0 saturated heterocycles. The Morgan fingerprint density at radius 1 is 1.17 bits per heavy atom. The molecule has 2 aromatic carbocycles. The minimum Gasteiger partial charge on any atom is -0.476 e. The lowest BCUT2D eigenvalue weighted by atomic mass is 10.0. The molecule has 2 aromatic rings. The molecule has 1 heterocycles. The van der Waals surface area contributed by atoms with Crippen LogP contribution in [0.5, 0.6) is 5.75 Å². The summed E-state index contributed by atoms with van der Waals surface area (Å²) < 4.78 is 49.1. The van der Waals surface area contributed by atoms with Gasteiger partial charge in [0, 0.05) is 16.3 Å². The number of carbonyl (C=O) groups excluding carboxylic acids is 1. The normalized spacial score (nSPS) is 15.9. The Balaban J connectivity index is 1.71. The van der Waals surface area contributed by atoms with Gasteiger partial charge < -0.3 is 9.47 Å². The first-order valence-electron chi connectivity index (χ1n) is 9.24. The number of alkyl halides is 3. The molecule has 3 rings (SSSR count). The molecule has 0 saturated carbocycles. The van der Waals surface area contributed by atoms with Crippen LogP contribution < -0.4 is 10.1 Å². The highest BCUT2D eigenvalue weighted by atomic mass is 35.5. The third-order valence-electron chi connectivity index (χ3n) is 4.20. The second-order valence-corrected chi connectivity index (χ2v) is 8.33. The van der Waals surface area contributed by atoms with Gasteiger partial charge in [0.05, 0.1) is 0 Å². The van der Waals surface area contributed by atoms with Crippen molar-refractivity contribution in [2.45, 2.75) is 45.1 Å². The number of carbonyl (C=O) groups is 1. The van der Waals surface area contributed by atoms with Crippen LogP contribution >= 0.6 is 11.6 Å². The van der Waals surface area contributed by atoms with Crippen LogP contribution in [0.15, 0.2) is 42.5 Å². The van der Waals surface area contributed by atoms with Crippen LogP contribution in [0.3, 0.4) is 0 Å². The predicted octanol–water partition coefficient (Wildman–Crippen LogP) is 6.61. The number of nitrogens with one attached hydrogen (secondary N) is 1. The molecule has 0 radical (unpaired) electrons. The summed E-state index contributed by atoms with van der Waals surface area (Å²) in [6.07, 6.45) is -4.29. The number of anilines is 1. The standard InChI is InChI=1S/C22H21ClF3NO3/c1-21(2,3)30-20(28)27-16-7-4-13(5-8-16)10-15-12-18-14(11-17(15)23)6-9-19(29-18)22(24,25)26/h4-9,11-12,19H,10H2,1-3H3,(H,27,28). The van der Waals surface area contributed by atoms with E-state index in [1.165, 1.54) is 12.1 Å². The van der Waals surface area contributed by atoms with Gasteiger partial charge in [-0.15, -0.1) is 0 Å². The van der Waals surface area contributed by atoms with Crippen LogP contribution in [-0.2, 0) is 11.2 Å². The number of hydrogen-bond donors (Lipinski definition) is 1. The topological polar surface area (TPSA) is 47.6 Å². The van der Waals surface area contributed by atoms with Gasteiger partial charge in [-0.25, -0.2) is 4.79 Å². The van der Waals surface area contributed by atoms with Gasteiger partial charge in [0.25, 0.3) is 0 Å². The van der Waals surface area contributed by atoms with Crippen molar-refractivity contribution in [2.24, 2.45) is 0 Å². The van der Waals surface area contributed by atoms with Gasteiger partial charge in [0.2, 0.25) is 6.10 Å². The Morgan fingerprint density at radius 2 is 1.83 bits per heavy atom. The Hall–Kier alpha value is -2.67. The molecule has 1 N–H and O–H groups in total. The molecule has 1 atom stereocenters. The van der Waals surface area contributed by atoms with Crippen LogP contribution in [0, 0.1) is 0 Å². The number of hydrogen-bond acceptors (Lipinski definition) is 3. The molecule has 1 unspecified atom stereocenters. The van der Waals surface area contributed by atoms with Gasteiger partial charge in [0.15, 0.2) is 0 Å². The molecule has 0 bridgehead atoms. The molecule has 160 valence electrons. The highest BCUT2D eigenvalue weighted by Crippen LogP contribution is 2.36. The van der Waals surface area contributed by atoms with E-state index >= 15 is 0 Å². The molecule has 4 nitrogen and oxygen atoms in total. The lowest BCUT2D eigenvalue weighted by Gasteiger charge is -2.24. The highest BCUT2D eigenvalue weighted by molar-refractivity contribution is 6.31. The average Bonchev–Trinajstić information content (AvgIpc) is 2.61. The van der Waals surface area contributed by atoms with Gasteiger partial charge in [-0.1, -0.05) is 29.8 Å². The Morgan fingerprint density at radius 3 is 2.43 bits per heavy atom. The largest absolute Gasteiger partial charge is 0.476 e. The fourth-order valence-corrected chi connectivity index (χ4v) is 3.11. The number of halogens is 4. The van der Waals surface area contributed by atoms with Gasteiger partial charge in [0.1, 0.15) is 11.4 Å². The Kier molecular flexibility index (Phi) is 6.04. The Labute approximate surface area is 177 Å². The van der Waals surface area contributed by atoms with Crippen LogP contribution in [0.25, 0.3) is 6.08 Å². The van der Waals surface area contributed by atoms with Crippen molar-refractivity contribution in [1.82, 2.24) is 0 Å². The first-order chi connectivity index (χ1) is 13.9. The number of fused-ring (bicyclic) bond motifs is 1. The summed E-state index contributed by atoms with van der Waals surface area (Å²) in [5.74, 6) is 0.141. The van der Waals surface area contributed by atoms with Crippen LogP contribution in [0.1, 0.15) is 37.5 Å². The first-order valence-corrected chi connectivity index (χ1v) is 9.61. The molecule has 0 spiro atoms. The highest BCUT2D eigenvalue weighted by Gasteiger charge is 2.41. The van der Waals surface area contributed by atoms with Crippen molar-refractivity contribution in [1.29, 1.82) is 0 Å². The van der Waals surface area contributed by atoms with E-state index in [1.807, 2.05) is 0 Å². The lowest BCUT2D eigenvalue weighted by Crippen LogP contribution is -2.33. The Bertz CT molecular complexity index is 963. The fourth-order valence-electron chi connectivity index (χ4n) is 2.87. The van der Waals surface area contributed by atoms with E-state index in [4.69, 9.17) is 21.1 Å². The van der Waals surface area contributed by atoms with E-state index < -0.39 is 24.0 Å². The van der Waals surface area contributed by atoms with Crippen molar-refractivity contribution >= 4 is 29.5 Å². The summed E-state index contributed by atoms with van der Waals surface area (Å²) in [7, 11) is 0. The number of benzene rings is 2. The van der Waals surface area contributed by atoms with Crippen LogP contribution in [0.4, 0.5) is 23.7 Å². The molecular weight excluding hydrogens is 419 g/mol. The summed E-state index contributed by atoms with van der Waals surface area (Å²) in [5, 5.41) is 3.07. The van der Waals surface area contributed by atoms with E-state index in [9.17, 15) is 18.0 Å². The summed E-state index contributed by atoms with van der Waals surface area (Å²) >= 11 is 6.31. The van der Waals surface area contributed by atoms with E-state index in [0.717, 1.165) is 11.6 Å². The van der Waals surface area contributed by atoms with E-state index in [-0.39, 0.29) is 5.75 Å². The number of amides is 1.